The highest BCUT2D eigenvalue weighted by atomic mass is 31.2. The molecule has 0 saturated carbocycles. The Labute approximate surface area is 250 Å². The van der Waals surface area contributed by atoms with Gasteiger partial charge in [-0.2, -0.15) is 0 Å². The average Bonchev–Trinajstić information content (AvgIpc) is 3.02. The monoisotopic (exact) mass is 610 g/mol. The van der Waals surface area contributed by atoms with E-state index in [0.717, 1.165) is 19.3 Å². The van der Waals surface area contributed by atoms with E-state index in [1.807, 2.05) is 31.2 Å². The second-order valence-electron chi connectivity index (χ2n) is 10.5. The van der Waals surface area contributed by atoms with Crippen LogP contribution in [0.1, 0.15) is 47.0 Å². The molecule has 4 N–H and O–H groups in total. The largest absolute Gasteiger partial charge is 0.393 e. The van der Waals surface area contributed by atoms with E-state index in [4.69, 9.17) is 0 Å². The summed E-state index contributed by atoms with van der Waals surface area (Å²) in [5.41, 5.74) is -0.337. The zero-order valence-corrected chi connectivity index (χ0v) is 26.6. The molecule has 2 unspecified atom stereocenters. The van der Waals surface area contributed by atoms with Crippen LogP contribution in [-0.2, 0) is 9.13 Å². The molecule has 4 rings (SSSR count). The summed E-state index contributed by atoms with van der Waals surface area (Å²) in [7, 11) is -6.79. The molecule has 0 amide bonds. The van der Waals surface area contributed by atoms with Crippen LogP contribution in [0.15, 0.2) is 121 Å². The van der Waals surface area contributed by atoms with E-state index in [-0.39, 0.29) is 5.41 Å². The Bertz CT molecular complexity index is 1210. The van der Waals surface area contributed by atoms with E-state index in [9.17, 15) is 29.1 Å². The van der Waals surface area contributed by atoms with Gasteiger partial charge < -0.3 is 20.0 Å². The maximum atomic E-state index is 12.2. The number of rotatable bonds is 9. The number of hydrogen-bond donors (Lipinski definition) is 4. The Morgan fingerprint density at radius 1 is 0.571 bits per heavy atom. The van der Waals surface area contributed by atoms with E-state index in [0.29, 0.717) is 21.2 Å². The summed E-state index contributed by atoms with van der Waals surface area (Å²) < 4.78 is 24.3. The van der Waals surface area contributed by atoms with Crippen molar-refractivity contribution >= 4 is 36.0 Å². The number of benzene rings is 4. The van der Waals surface area contributed by atoms with Crippen LogP contribution >= 0.6 is 14.7 Å². The molecular weight excluding hydrogens is 566 g/mol. The van der Waals surface area contributed by atoms with Gasteiger partial charge in [-0.1, -0.05) is 99.5 Å². The normalized spacial score (nSPS) is 14.2. The SMILES string of the molecule is CCCCC(C)(C(C)O)C(C)O.O=P(O)(c1ccccc1)c1ccccc1.O=P(O)(c1ccccc1)c1ccccc1. The first kappa shape index (κ1) is 35.4. The van der Waals surface area contributed by atoms with E-state index >= 15 is 0 Å². The minimum absolute atomic E-state index is 0.337. The van der Waals surface area contributed by atoms with Crippen LogP contribution in [0.4, 0.5) is 0 Å². The van der Waals surface area contributed by atoms with Gasteiger partial charge in [-0.15, -0.1) is 0 Å². The number of aliphatic hydroxyl groups excluding tert-OH is 2. The van der Waals surface area contributed by atoms with Crippen molar-refractivity contribution in [3.05, 3.63) is 121 Å². The fraction of sp³-hybridized carbons (Fsp3) is 0.294. The van der Waals surface area contributed by atoms with E-state index in [2.05, 4.69) is 6.92 Å². The van der Waals surface area contributed by atoms with Gasteiger partial charge in [0.05, 0.1) is 12.2 Å². The zero-order chi connectivity index (χ0) is 31.2. The summed E-state index contributed by atoms with van der Waals surface area (Å²) >= 11 is 0. The molecule has 0 heterocycles. The van der Waals surface area contributed by atoms with Gasteiger partial charge in [0.15, 0.2) is 0 Å². The molecule has 6 nitrogen and oxygen atoms in total. The van der Waals surface area contributed by atoms with Crippen molar-refractivity contribution in [3.63, 3.8) is 0 Å². The Morgan fingerprint density at radius 2 is 0.810 bits per heavy atom. The lowest BCUT2D eigenvalue weighted by atomic mass is 9.76. The molecular formula is C34H44O6P2. The third-order valence-corrected chi connectivity index (χ3v) is 11.4. The number of unbranched alkanes of at least 4 members (excludes halogenated alkanes) is 1. The van der Waals surface area contributed by atoms with Crippen LogP contribution in [0.2, 0.25) is 0 Å². The highest BCUT2D eigenvalue weighted by Gasteiger charge is 2.34. The summed E-state index contributed by atoms with van der Waals surface area (Å²) in [4.78, 5) is 20.0. The smallest absolute Gasteiger partial charge is 0.258 e. The summed E-state index contributed by atoms with van der Waals surface area (Å²) in [5, 5.41) is 20.9. The first-order valence-electron chi connectivity index (χ1n) is 14.1. The van der Waals surface area contributed by atoms with Crippen molar-refractivity contribution in [1.82, 2.24) is 0 Å². The van der Waals surface area contributed by atoms with Crippen LogP contribution in [0.25, 0.3) is 0 Å². The molecule has 0 radical (unpaired) electrons. The molecule has 0 aliphatic rings. The van der Waals surface area contributed by atoms with Gasteiger partial charge in [-0.25, -0.2) is 0 Å². The summed E-state index contributed by atoms with van der Waals surface area (Å²) in [6.45, 7) is 7.56. The van der Waals surface area contributed by atoms with E-state index < -0.39 is 26.9 Å². The van der Waals surface area contributed by atoms with Crippen molar-refractivity contribution in [2.75, 3.05) is 0 Å². The fourth-order valence-electron chi connectivity index (χ4n) is 4.14. The van der Waals surface area contributed by atoms with Crippen LogP contribution in [0.3, 0.4) is 0 Å². The first-order valence-corrected chi connectivity index (χ1v) is 17.4. The van der Waals surface area contributed by atoms with Crippen LogP contribution in [-0.4, -0.2) is 32.2 Å². The molecule has 0 aromatic heterocycles. The van der Waals surface area contributed by atoms with Crippen LogP contribution in [0.5, 0.6) is 0 Å². The van der Waals surface area contributed by atoms with E-state index in [1.165, 1.54) is 0 Å². The molecule has 0 bridgehead atoms. The quantitative estimate of drug-likeness (QED) is 0.179. The maximum Gasteiger partial charge on any atom is 0.258 e. The first-order chi connectivity index (χ1) is 19.9. The molecule has 0 aliphatic heterocycles. The second kappa shape index (κ2) is 16.7. The van der Waals surface area contributed by atoms with Gasteiger partial charge in [0.25, 0.3) is 14.7 Å². The highest BCUT2D eigenvalue weighted by molar-refractivity contribution is 7.73. The Morgan fingerprint density at radius 3 is 1.00 bits per heavy atom. The van der Waals surface area contributed by atoms with Gasteiger partial charge in [-0.3, -0.25) is 9.13 Å². The van der Waals surface area contributed by atoms with Gasteiger partial charge in [-0.05, 0) is 68.8 Å². The number of aliphatic hydroxyl groups is 2. The van der Waals surface area contributed by atoms with Gasteiger partial charge >= 0.3 is 0 Å². The van der Waals surface area contributed by atoms with Crippen molar-refractivity contribution in [2.24, 2.45) is 5.41 Å². The van der Waals surface area contributed by atoms with Gasteiger partial charge in [0.2, 0.25) is 0 Å². The topological polar surface area (TPSA) is 115 Å². The molecule has 226 valence electrons. The predicted molar refractivity (Wildman–Crippen MR) is 175 cm³/mol. The van der Waals surface area contributed by atoms with Crippen molar-refractivity contribution in [2.45, 2.75) is 59.2 Å². The predicted octanol–water partition coefficient (Wildman–Crippen LogP) is 5.76. The van der Waals surface area contributed by atoms with Gasteiger partial charge in [0.1, 0.15) is 0 Å². The lowest BCUT2D eigenvalue weighted by molar-refractivity contribution is -0.0481. The minimum atomic E-state index is -3.40. The third-order valence-electron chi connectivity index (χ3n) is 7.40. The standard InChI is InChI=1S/2C12H11O2P.C10H22O2/c2*13-15(14,11-7-3-1-4-8-11)12-9-5-2-6-10-12;1-5-6-7-10(4,8(2)11)9(3)12/h2*1-10H,(H,13,14);8-9,11-12H,5-7H2,1-4H3. The lowest BCUT2D eigenvalue weighted by Gasteiger charge is -2.35. The molecule has 4 aromatic rings. The third kappa shape index (κ3) is 9.88. The van der Waals surface area contributed by atoms with Crippen molar-refractivity contribution < 1.29 is 29.1 Å². The Kier molecular flexibility index (Phi) is 14.1. The molecule has 0 saturated heterocycles. The lowest BCUT2D eigenvalue weighted by Crippen LogP contribution is -2.39. The van der Waals surface area contributed by atoms with Gasteiger partial charge in [0, 0.05) is 26.6 Å². The minimum Gasteiger partial charge on any atom is -0.393 e. The van der Waals surface area contributed by atoms with Crippen molar-refractivity contribution in [1.29, 1.82) is 0 Å². The molecule has 0 fully saturated rings. The number of hydrogen-bond acceptors (Lipinski definition) is 4. The Balaban J connectivity index is 0.000000222. The van der Waals surface area contributed by atoms with Crippen LogP contribution < -0.4 is 21.2 Å². The summed E-state index contributed by atoms with van der Waals surface area (Å²) in [5.74, 6) is 0. The van der Waals surface area contributed by atoms with Crippen molar-refractivity contribution in [3.8, 4) is 0 Å². The molecule has 4 aromatic carbocycles. The molecule has 8 heteroatoms. The molecule has 42 heavy (non-hydrogen) atoms. The molecule has 2 atom stereocenters. The van der Waals surface area contributed by atoms with Crippen LogP contribution in [0, 0.1) is 5.41 Å². The summed E-state index contributed by atoms with van der Waals surface area (Å²) in [6.07, 6.45) is 2.17. The average molecular weight is 611 g/mol. The molecule has 0 spiro atoms. The zero-order valence-electron chi connectivity index (χ0n) is 24.8. The molecule has 0 aliphatic carbocycles. The Hall–Kier alpha value is -2.82. The van der Waals surface area contributed by atoms with E-state index in [1.54, 1.807) is 111 Å². The highest BCUT2D eigenvalue weighted by Crippen LogP contribution is 2.38. The maximum absolute atomic E-state index is 12.2. The summed E-state index contributed by atoms with van der Waals surface area (Å²) in [6, 6.07) is 34.8. The second-order valence-corrected chi connectivity index (χ2v) is 14.8. The fourth-order valence-corrected chi connectivity index (χ4v) is 7.04.